The molecule has 0 aliphatic rings. The van der Waals surface area contributed by atoms with E-state index in [1.165, 1.54) is 12.1 Å². The first kappa shape index (κ1) is 80.1. The fourth-order valence-corrected chi connectivity index (χ4v) is 18.6. The maximum absolute atomic E-state index is 14.4. The van der Waals surface area contributed by atoms with Gasteiger partial charge in [-0.25, -0.2) is 35.1 Å². The Balaban J connectivity index is 0.000000150. The molecule has 0 spiro atoms. The predicted molar refractivity (Wildman–Crippen MR) is 494 cm³/mol. The molecule has 0 atom stereocenters. The first-order valence-electron chi connectivity index (χ1n) is 39.9. The average Bonchev–Trinajstić information content (AvgIpc) is 1.47. The van der Waals surface area contributed by atoms with Crippen molar-refractivity contribution < 1.29 is 58.4 Å². The highest BCUT2D eigenvalue weighted by atomic mass is 79.9. The van der Waals surface area contributed by atoms with Gasteiger partial charge in [-0.3, -0.25) is 0 Å². The first-order valence-corrected chi connectivity index (χ1v) is 40.7. The summed E-state index contributed by atoms with van der Waals surface area (Å²) in [6, 6.07) is 114. The van der Waals surface area contributed by atoms with Crippen molar-refractivity contribution in [2.75, 3.05) is 0 Å². The van der Waals surface area contributed by atoms with Crippen molar-refractivity contribution in [3.8, 4) is 63.2 Å². The van der Waals surface area contributed by atoms with Gasteiger partial charge in [0.15, 0.2) is 46.5 Å². The number of aromatic nitrogens is 4. The van der Waals surface area contributed by atoms with Crippen LogP contribution in [0.3, 0.4) is 0 Å². The van der Waals surface area contributed by atoms with Crippen LogP contribution >= 0.6 is 15.9 Å². The van der Waals surface area contributed by atoms with Gasteiger partial charge in [-0.1, -0.05) is 244 Å². The van der Waals surface area contributed by atoms with E-state index < -0.39 is 74.8 Å². The van der Waals surface area contributed by atoms with Gasteiger partial charge < -0.3 is 41.6 Å². The SMILES string of the molecule is C.N#Cc1c(-n2c3ccccc3c3ccccc32)c(-n2c3ccccc3c3ccccc32)c(-c2cccc3oc4ccccc4c23)c(-n2c3ccccc3c3ccccc32)c1-n1c2ccccc2c2ccccc21.N#Cc1c(F)c(F)c(-c2cccc3oc4ccccc4c23)c(F)c1F.N#Cc1c(F)c(F)c(Br)c(F)c1F.OB(O)c1cccc2oc3ccccc3c12. The Bertz CT molecular complexity index is 8400. The fourth-order valence-electron chi connectivity index (χ4n) is 18.2. The number of nitrogens with zero attached hydrogens (tertiary/aromatic N) is 7. The lowest BCUT2D eigenvalue weighted by atomic mass is 9.77. The van der Waals surface area contributed by atoms with Gasteiger partial charge in [0, 0.05) is 81.0 Å². The summed E-state index contributed by atoms with van der Waals surface area (Å²) < 4.78 is 134. The van der Waals surface area contributed by atoms with Crippen molar-refractivity contribution in [2.45, 2.75) is 7.43 Å². The summed E-state index contributed by atoms with van der Waals surface area (Å²) in [5.74, 6) is -13.3. The number of halogens is 9. The number of benzene rings is 17. The Labute approximate surface area is 729 Å². The standard InChI is InChI=1S/C67H39N5O.C19H7F4NO.C12H9BO3.C7BrF4N.CH4/c68-40-51-64(69-52-30-10-1-20-41(52)42-21-2-11-31-53(42)69)66(71-56-34-14-5-24-45(56)46-25-6-15-35-57(46)71)63(50-29-19-39-61-62(50)49-28-9-18-38-60(49)73-61)67(72-58-36-16-7-26-47(58)48-27-8-17-37-59(48)72)65(51)70-54-32-12-3-22-43(54)44-23-4-13-33-55(44)70;20-16-11(8-24)17(21)19(23)15(18(16)22)10-5-3-7-13-14(10)9-4-1-2-6-12(9)25-13;14-13(15)9-5-3-7-11-12(9)8-4-1-2-6-10(8)16-11;8-3-6(11)4(9)2(1-13)5(10)7(3)12;/h1-39H;1-7H;1-7,14-15H;;1H4. The van der Waals surface area contributed by atoms with Crippen molar-refractivity contribution in [2.24, 2.45) is 0 Å². The molecule has 0 amide bonds. The van der Waals surface area contributed by atoms with Gasteiger partial charge in [0.1, 0.15) is 68.4 Å². The molecule has 24 rings (SSSR count). The third-order valence-corrected chi connectivity index (χ3v) is 24.2. The highest BCUT2D eigenvalue weighted by Crippen LogP contribution is 2.54. The van der Waals surface area contributed by atoms with Crippen LogP contribution in [0.2, 0.25) is 0 Å². The number of furan rings is 3. The van der Waals surface area contributed by atoms with Crippen LogP contribution in [0.15, 0.2) is 339 Å². The summed E-state index contributed by atoms with van der Waals surface area (Å²) in [5.41, 5.74) is 14.6. The third kappa shape index (κ3) is 12.3. The van der Waals surface area contributed by atoms with Crippen LogP contribution in [-0.2, 0) is 0 Å². The molecule has 0 saturated carbocycles. The molecule has 0 aliphatic heterocycles. The minimum absolute atomic E-state index is 0. The van der Waals surface area contributed by atoms with Gasteiger partial charge in [-0.05, 0) is 117 Å². The minimum Gasteiger partial charge on any atom is -0.456 e. The van der Waals surface area contributed by atoms with Crippen molar-refractivity contribution in [1.82, 2.24) is 18.3 Å². The van der Waals surface area contributed by atoms with Crippen LogP contribution in [0.25, 0.3) is 198 Å². The molecular weight excluding hydrogens is 1690 g/mol. The highest BCUT2D eigenvalue weighted by Gasteiger charge is 2.37. The Morgan fingerprint density at radius 3 is 0.781 bits per heavy atom. The van der Waals surface area contributed by atoms with Crippen LogP contribution in [-0.4, -0.2) is 35.4 Å². The van der Waals surface area contributed by atoms with E-state index in [-0.39, 0.29) is 13.0 Å². The summed E-state index contributed by atoms with van der Waals surface area (Å²) in [6.45, 7) is 0. The van der Waals surface area contributed by atoms with Crippen LogP contribution < -0.4 is 5.46 Å². The quantitative estimate of drug-likeness (QED) is 0.0687. The van der Waals surface area contributed by atoms with Gasteiger partial charge in [0.05, 0.1) is 76.9 Å². The lowest BCUT2D eigenvalue weighted by molar-refractivity contribution is 0.426. The topological polar surface area (TPSA) is 171 Å². The van der Waals surface area contributed by atoms with Crippen molar-refractivity contribution in [1.29, 1.82) is 15.8 Å². The number of hydrogen-bond donors (Lipinski definition) is 2. The lowest BCUT2D eigenvalue weighted by Gasteiger charge is -2.29. The Hall–Kier alpha value is -16.3. The van der Waals surface area contributed by atoms with Gasteiger partial charge in [0.25, 0.3) is 0 Å². The molecule has 24 aromatic rings. The number of hydrogen-bond acceptors (Lipinski definition) is 8. The monoisotopic (exact) mass is 1750 g/mol. The van der Waals surface area contributed by atoms with Crippen LogP contribution in [0.4, 0.5) is 35.1 Å². The molecule has 0 radical (unpaired) electrons. The van der Waals surface area contributed by atoms with Crippen molar-refractivity contribution in [3.05, 3.63) is 389 Å². The van der Waals surface area contributed by atoms with Gasteiger partial charge in [0.2, 0.25) is 0 Å². The highest BCUT2D eigenvalue weighted by molar-refractivity contribution is 9.10. The smallest absolute Gasteiger partial charge is 0.456 e. The number of nitriles is 3. The molecule has 17 aromatic carbocycles. The van der Waals surface area contributed by atoms with Crippen LogP contribution in [0.1, 0.15) is 24.1 Å². The zero-order chi connectivity index (χ0) is 86.9. The molecular formula is C106H59BBrF8N7O5. The van der Waals surface area contributed by atoms with Crippen molar-refractivity contribution in [3.63, 3.8) is 0 Å². The molecule has 0 aliphatic carbocycles. The second kappa shape index (κ2) is 31.8. The molecule has 0 bridgehead atoms. The first-order chi connectivity index (χ1) is 62.1. The van der Waals surface area contributed by atoms with E-state index in [9.17, 15) is 50.4 Å². The summed E-state index contributed by atoms with van der Waals surface area (Å²) in [7, 11) is -1.48. The Kier molecular flexibility index (Phi) is 19.9. The molecule has 12 nitrogen and oxygen atoms in total. The van der Waals surface area contributed by atoms with E-state index in [2.05, 4.69) is 271 Å². The molecule has 7 heterocycles. The van der Waals surface area contributed by atoms with Gasteiger partial charge in [-0.15, -0.1) is 0 Å². The molecule has 614 valence electrons. The van der Waals surface area contributed by atoms with E-state index in [4.69, 9.17) is 23.8 Å². The summed E-state index contributed by atoms with van der Waals surface area (Å²) in [6.07, 6.45) is 0. The second-order valence-electron chi connectivity index (χ2n) is 30.2. The lowest BCUT2D eigenvalue weighted by Crippen LogP contribution is -2.30. The van der Waals surface area contributed by atoms with Crippen molar-refractivity contribution >= 4 is 182 Å². The fraction of sp³-hybridized carbons (Fsp3) is 0.00943. The third-order valence-electron chi connectivity index (χ3n) is 23.5. The normalized spacial score (nSPS) is 11.5. The maximum atomic E-state index is 14.4. The molecule has 0 saturated heterocycles. The molecule has 128 heavy (non-hydrogen) atoms. The van der Waals surface area contributed by atoms with Gasteiger partial charge >= 0.3 is 7.12 Å². The van der Waals surface area contributed by atoms with Crippen LogP contribution in [0.5, 0.6) is 0 Å². The second-order valence-corrected chi connectivity index (χ2v) is 30.9. The van der Waals surface area contributed by atoms with Crippen LogP contribution in [0, 0.1) is 80.5 Å². The zero-order valence-corrected chi connectivity index (χ0v) is 67.4. The summed E-state index contributed by atoms with van der Waals surface area (Å²) in [4.78, 5) is 0. The van der Waals surface area contributed by atoms with E-state index in [1.54, 1.807) is 42.5 Å². The maximum Gasteiger partial charge on any atom is 0.489 e. The Morgan fingerprint density at radius 1 is 0.250 bits per heavy atom. The van der Waals surface area contributed by atoms with E-state index >= 15 is 0 Å². The number of rotatable bonds is 7. The van der Waals surface area contributed by atoms with E-state index in [0.717, 1.165) is 172 Å². The number of fused-ring (bicyclic) bond motifs is 21. The molecule has 7 aromatic heterocycles. The molecule has 2 N–H and O–H groups in total. The number of para-hydroxylation sites is 11. The van der Waals surface area contributed by atoms with E-state index in [0.29, 0.717) is 38.5 Å². The largest absolute Gasteiger partial charge is 0.489 e. The van der Waals surface area contributed by atoms with Gasteiger partial charge in [-0.2, -0.15) is 15.8 Å². The zero-order valence-electron chi connectivity index (χ0n) is 65.8. The Morgan fingerprint density at radius 2 is 0.484 bits per heavy atom. The summed E-state index contributed by atoms with van der Waals surface area (Å²) in [5, 5.41) is 61.8. The molecule has 0 fully saturated rings. The van der Waals surface area contributed by atoms with E-state index in [1.807, 2.05) is 36.4 Å². The molecule has 0 unspecified atom stereocenters. The predicted octanol–water partition coefficient (Wildman–Crippen LogP) is 28.0. The average molecular weight is 1750 g/mol. The summed E-state index contributed by atoms with van der Waals surface area (Å²) >= 11 is 2.30. The molecule has 22 heteroatoms. The minimum atomic E-state index is -1.72.